The summed E-state index contributed by atoms with van der Waals surface area (Å²) >= 11 is 18.5. The summed E-state index contributed by atoms with van der Waals surface area (Å²) in [5.41, 5.74) is 0.821. The van der Waals surface area contributed by atoms with Crippen molar-refractivity contribution in [3.63, 3.8) is 0 Å². The Bertz CT molecular complexity index is 1470. The van der Waals surface area contributed by atoms with Gasteiger partial charge in [0.1, 0.15) is 18.3 Å². The molecule has 0 radical (unpaired) electrons. The highest BCUT2D eigenvalue weighted by molar-refractivity contribution is 7.92. The molecule has 41 heavy (non-hydrogen) atoms. The molecule has 2 amide bonds. The minimum absolute atomic E-state index is 0.000255. The molecule has 1 atom stereocenters. The number of amides is 2. The lowest BCUT2D eigenvalue weighted by Gasteiger charge is -2.33. The summed E-state index contributed by atoms with van der Waals surface area (Å²) in [5.74, 6) is -0.451. The number of nitrogens with zero attached hydrogens (tertiary/aromatic N) is 2. The van der Waals surface area contributed by atoms with Crippen molar-refractivity contribution >= 4 is 62.3 Å². The summed E-state index contributed by atoms with van der Waals surface area (Å²) in [6, 6.07) is 16.1. The van der Waals surface area contributed by atoms with Crippen molar-refractivity contribution in [3.8, 4) is 5.75 Å². The quantitative estimate of drug-likeness (QED) is 0.241. The van der Waals surface area contributed by atoms with Gasteiger partial charge >= 0.3 is 0 Å². The number of methoxy groups -OCH3 is 1. The fraction of sp³-hybridized carbons (Fsp3) is 0.310. The first-order valence-electron chi connectivity index (χ1n) is 12.9. The second kappa shape index (κ2) is 14.8. The van der Waals surface area contributed by atoms with Crippen LogP contribution in [0.5, 0.6) is 5.75 Å². The first kappa shape index (κ1) is 32.5. The Morgan fingerprint density at radius 2 is 1.66 bits per heavy atom. The monoisotopic (exact) mass is 639 g/mol. The van der Waals surface area contributed by atoms with Crippen molar-refractivity contribution in [2.75, 3.05) is 24.5 Å². The highest BCUT2D eigenvalue weighted by atomic mass is 35.5. The van der Waals surface area contributed by atoms with Gasteiger partial charge in [0.15, 0.2) is 0 Å². The molecule has 220 valence electrons. The highest BCUT2D eigenvalue weighted by Crippen LogP contribution is 2.29. The molecule has 0 heterocycles. The second-order valence-corrected chi connectivity index (χ2v) is 12.3. The lowest BCUT2D eigenvalue weighted by molar-refractivity contribution is -0.140. The second-order valence-electron chi connectivity index (χ2n) is 9.15. The summed E-state index contributed by atoms with van der Waals surface area (Å²) in [5, 5.41) is 3.78. The van der Waals surface area contributed by atoms with Crippen molar-refractivity contribution in [1.82, 2.24) is 10.2 Å². The van der Waals surface area contributed by atoms with E-state index < -0.39 is 28.5 Å². The molecule has 0 unspecified atom stereocenters. The topological polar surface area (TPSA) is 96.0 Å². The van der Waals surface area contributed by atoms with Crippen LogP contribution in [0.4, 0.5) is 5.69 Å². The van der Waals surface area contributed by atoms with Gasteiger partial charge in [-0.2, -0.15) is 0 Å². The Morgan fingerprint density at radius 3 is 2.24 bits per heavy atom. The van der Waals surface area contributed by atoms with E-state index in [-0.39, 0.29) is 23.0 Å². The standard InChI is InChI=1S/C29H32Cl3N3O5S/c1-4-15-33-29(37)27(5-2)34(18-20-9-14-25(31)26(32)16-20)28(36)19-35(22-8-6-7-21(30)17-22)41(38,39)24-12-10-23(40-3)11-13-24/h6-14,16-17,27H,4-5,15,18-19H2,1-3H3,(H,33,37)/t27-/m1/s1. The largest absolute Gasteiger partial charge is 0.497 e. The van der Waals surface area contributed by atoms with Crippen LogP contribution in [0.15, 0.2) is 71.6 Å². The first-order valence-corrected chi connectivity index (χ1v) is 15.5. The number of anilines is 1. The number of carbonyl (C=O) groups is 2. The molecule has 8 nitrogen and oxygen atoms in total. The molecule has 0 aliphatic carbocycles. The van der Waals surface area contributed by atoms with E-state index in [2.05, 4.69) is 5.32 Å². The third-order valence-corrected chi connectivity index (χ3v) is 9.06. The van der Waals surface area contributed by atoms with Gasteiger partial charge in [-0.3, -0.25) is 13.9 Å². The number of carbonyl (C=O) groups excluding carboxylic acids is 2. The molecule has 0 bridgehead atoms. The van der Waals surface area contributed by atoms with Crippen molar-refractivity contribution < 1.29 is 22.7 Å². The molecule has 0 aliphatic rings. The smallest absolute Gasteiger partial charge is 0.264 e. The van der Waals surface area contributed by atoms with Crippen LogP contribution in [0.3, 0.4) is 0 Å². The average Bonchev–Trinajstić information content (AvgIpc) is 2.96. The van der Waals surface area contributed by atoms with Gasteiger partial charge < -0.3 is 15.0 Å². The number of ether oxygens (including phenoxy) is 1. The van der Waals surface area contributed by atoms with E-state index in [1.54, 1.807) is 43.3 Å². The van der Waals surface area contributed by atoms with Gasteiger partial charge in [0.05, 0.1) is 27.7 Å². The molecule has 12 heteroatoms. The molecule has 0 aliphatic heterocycles. The number of hydrogen-bond acceptors (Lipinski definition) is 5. The fourth-order valence-electron chi connectivity index (χ4n) is 4.16. The zero-order valence-electron chi connectivity index (χ0n) is 22.9. The SMILES string of the molecule is CCCNC(=O)[C@@H](CC)N(Cc1ccc(Cl)c(Cl)c1)C(=O)CN(c1cccc(Cl)c1)S(=O)(=O)c1ccc(OC)cc1. The lowest BCUT2D eigenvalue weighted by atomic mass is 10.1. The van der Waals surface area contributed by atoms with Crippen LogP contribution < -0.4 is 14.4 Å². The van der Waals surface area contributed by atoms with Crippen molar-refractivity contribution in [3.05, 3.63) is 87.4 Å². The zero-order valence-corrected chi connectivity index (χ0v) is 26.0. The number of sulfonamides is 1. The minimum Gasteiger partial charge on any atom is -0.497 e. The molecule has 0 saturated heterocycles. The molecule has 0 spiro atoms. The van der Waals surface area contributed by atoms with Gasteiger partial charge in [-0.15, -0.1) is 0 Å². The van der Waals surface area contributed by atoms with E-state index in [0.717, 1.165) is 4.31 Å². The Balaban J connectivity index is 2.07. The zero-order chi connectivity index (χ0) is 30.2. The van der Waals surface area contributed by atoms with Gasteiger partial charge in [0.2, 0.25) is 11.8 Å². The van der Waals surface area contributed by atoms with Crippen molar-refractivity contribution in [2.45, 2.75) is 44.2 Å². The number of benzene rings is 3. The Morgan fingerprint density at radius 1 is 0.951 bits per heavy atom. The molecule has 1 N–H and O–H groups in total. The van der Waals surface area contributed by atoms with Crippen molar-refractivity contribution in [2.24, 2.45) is 0 Å². The van der Waals surface area contributed by atoms with Gasteiger partial charge in [0, 0.05) is 18.1 Å². The summed E-state index contributed by atoms with van der Waals surface area (Å²) in [4.78, 5) is 28.5. The van der Waals surface area contributed by atoms with E-state index >= 15 is 0 Å². The lowest BCUT2D eigenvalue weighted by Crippen LogP contribution is -2.52. The molecule has 0 aromatic heterocycles. The predicted octanol–water partition coefficient (Wildman–Crippen LogP) is 6.18. The minimum atomic E-state index is -4.24. The molecule has 0 saturated carbocycles. The number of halogens is 3. The van der Waals surface area contributed by atoms with Crippen LogP contribution >= 0.6 is 34.8 Å². The number of hydrogen-bond donors (Lipinski definition) is 1. The number of nitrogens with one attached hydrogen (secondary N) is 1. The normalized spacial score (nSPS) is 12.0. The van der Waals surface area contributed by atoms with Gasteiger partial charge in [0.25, 0.3) is 10.0 Å². The van der Waals surface area contributed by atoms with Gasteiger partial charge in [-0.05, 0) is 73.0 Å². The van der Waals surface area contributed by atoms with Crippen LogP contribution in [0.2, 0.25) is 15.1 Å². The molecule has 3 aromatic carbocycles. The third-order valence-electron chi connectivity index (χ3n) is 6.29. The molecule has 3 aromatic rings. The van der Waals surface area contributed by atoms with E-state index in [9.17, 15) is 18.0 Å². The van der Waals surface area contributed by atoms with Crippen molar-refractivity contribution in [1.29, 1.82) is 0 Å². The fourth-order valence-corrected chi connectivity index (χ4v) is 6.07. The maximum absolute atomic E-state index is 14.1. The molecule has 0 fully saturated rings. The highest BCUT2D eigenvalue weighted by Gasteiger charge is 2.33. The molecular weight excluding hydrogens is 609 g/mol. The third kappa shape index (κ3) is 8.29. The van der Waals surface area contributed by atoms with E-state index in [4.69, 9.17) is 39.5 Å². The summed E-state index contributed by atoms with van der Waals surface area (Å²) < 4.78 is 34.0. The van der Waals surface area contributed by atoms with Gasteiger partial charge in [-0.25, -0.2) is 8.42 Å². The van der Waals surface area contributed by atoms with Crippen LogP contribution in [0, 0.1) is 0 Å². The first-order chi connectivity index (χ1) is 19.5. The Hall–Kier alpha value is -2.98. The van der Waals surface area contributed by atoms with E-state index in [1.165, 1.54) is 42.3 Å². The van der Waals surface area contributed by atoms with E-state index in [1.807, 2.05) is 6.92 Å². The van der Waals surface area contributed by atoms with E-state index in [0.29, 0.717) is 45.8 Å². The average molecular weight is 641 g/mol. The van der Waals surface area contributed by atoms with Crippen LogP contribution in [-0.2, 0) is 26.2 Å². The summed E-state index contributed by atoms with van der Waals surface area (Å²) in [7, 11) is -2.77. The summed E-state index contributed by atoms with van der Waals surface area (Å²) in [6.07, 6.45) is 1.01. The Labute approximate surface area is 256 Å². The molecule has 3 rings (SSSR count). The van der Waals surface area contributed by atoms with Crippen LogP contribution in [-0.4, -0.2) is 51.4 Å². The predicted molar refractivity (Wildman–Crippen MR) is 163 cm³/mol. The van der Waals surface area contributed by atoms with Crippen LogP contribution in [0.25, 0.3) is 0 Å². The van der Waals surface area contributed by atoms with Gasteiger partial charge in [-0.1, -0.05) is 60.8 Å². The Kier molecular flexibility index (Phi) is 11.7. The number of rotatable bonds is 13. The summed E-state index contributed by atoms with van der Waals surface area (Å²) in [6.45, 7) is 3.55. The molecular formula is C29H32Cl3N3O5S. The maximum atomic E-state index is 14.1. The van der Waals surface area contributed by atoms with Crippen LogP contribution in [0.1, 0.15) is 32.3 Å². The maximum Gasteiger partial charge on any atom is 0.264 e.